The van der Waals surface area contributed by atoms with E-state index in [1.165, 1.54) is 5.56 Å². The van der Waals surface area contributed by atoms with Crippen LogP contribution in [0.4, 0.5) is 23.0 Å². The van der Waals surface area contributed by atoms with Gasteiger partial charge in [-0.3, -0.25) is 9.97 Å². The Balaban J connectivity index is 0.000000221. The third-order valence-corrected chi connectivity index (χ3v) is 13.0. The molecule has 2 aliphatic rings. The van der Waals surface area contributed by atoms with E-state index >= 15 is 0 Å². The van der Waals surface area contributed by atoms with Crippen molar-refractivity contribution >= 4 is 79.5 Å². The second-order valence-electron chi connectivity index (χ2n) is 18.7. The Morgan fingerprint density at radius 2 is 0.918 bits per heavy atom. The second-order valence-corrected chi connectivity index (χ2v) is 19.0. The van der Waals surface area contributed by atoms with Gasteiger partial charge in [-0.1, -0.05) is 110 Å². The number of para-hydroxylation sites is 2. The zero-order chi connectivity index (χ0) is 50.2. The molecule has 0 radical (unpaired) electrons. The van der Waals surface area contributed by atoms with Crippen LogP contribution in [0.25, 0.3) is 76.0 Å². The van der Waals surface area contributed by atoms with Crippen LogP contribution in [0.15, 0.2) is 134 Å². The smallest absolute Gasteiger partial charge is 1.00 e. The molecule has 0 unspecified atom stereocenters. The Kier molecular flexibility index (Phi) is 19.9. The number of hydrogen-bond acceptors (Lipinski definition) is 8. The van der Waals surface area contributed by atoms with Gasteiger partial charge < -0.3 is 42.7 Å². The Bertz CT molecular complexity index is 3180. The summed E-state index contributed by atoms with van der Waals surface area (Å²) in [5.41, 5.74) is 12.5. The molecule has 0 saturated carbocycles. The van der Waals surface area contributed by atoms with Crippen molar-refractivity contribution < 1.29 is 26.5 Å². The van der Waals surface area contributed by atoms with E-state index in [0.717, 1.165) is 104 Å². The van der Waals surface area contributed by atoms with Crippen molar-refractivity contribution in [2.75, 3.05) is 36.0 Å². The molecule has 4 aromatic carbocycles. The number of rotatable bonds is 7. The number of aromatic nitrogens is 4. The Morgan fingerprint density at radius 3 is 1.32 bits per heavy atom. The van der Waals surface area contributed by atoms with Gasteiger partial charge in [0.05, 0.1) is 53.6 Å². The molecule has 0 spiro atoms. The van der Waals surface area contributed by atoms with Crippen molar-refractivity contribution in [1.82, 2.24) is 19.9 Å². The number of fused-ring (bicyclic) bond motifs is 2. The van der Waals surface area contributed by atoms with Crippen LogP contribution in [-0.2, 0) is 9.47 Å². The molecule has 4 atom stereocenters. The molecule has 8 aromatic rings. The quantitative estimate of drug-likeness (QED) is 0.115. The molecule has 73 heavy (non-hydrogen) atoms. The van der Waals surface area contributed by atoms with Crippen LogP contribution in [0.1, 0.15) is 66.9 Å². The molecule has 2 aliphatic heterocycles. The first-order valence-electron chi connectivity index (χ1n) is 24.3. The van der Waals surface area contributed by atoms with Gasteiger partial charge in [-0.2, -0.15) is 13.8 Å². The Hall–Kier alpha value is -5.96. The van der Waals surface area contributed by atoms with Crippen LogP contribution < -0.4 is 26.8 Å². The molecule has 0 aliphatic carbocycles. The molecular formula is C60H60BrClMgN8O2. The number of anilines is 2. The monoisotopic (exact) mass is 1060 g/mol. The normalized spacial score (nSPS) is 17.2. The van der Waals surface area contributed by atoms with Gasteiger partial charge in [0.2, 0.25) is 0 Å². The molecule has 2 fully saturated rings. The number of hydrogen-bond donors (Lipinski definition) is 0. The summed E-state index contributed by atoms with van der Waals surface area (Å²) in [6, 6.07) is 36.0. The summed E-state index contributed by atoms with van der Waals surface area (Å²) in [5.74, 6) is 2.24. The van der Waals surface area contributed by atoms with Gasteiger partial charge in [-0.25, -0.2) is 19.7 Å². The fourth-order valence-corrected chi connectivity index (χ4v) is 9.89. The molecule has 368 valence electrons. The summed E-state index contributed by atoms with van der Waals surface area (Å²) in [7, 11) is 0. The molecule has 0 bridgehead atoms. The predicted molar refractivity (Wildman–Crippen MR) is 298 cm³/mol. The molecule has 13 heteroatoms. The second kappa shape index (κ2) is 25.8. The minimum absolute atomic E-state index is 0. The van der Waals surface area contributed by atoms with Crippen LogP contribution >= 0.6 is 11.6 Å². The van der Waals surface area contributed by atoms with E-state index in [1.54, 1.807) is 0 Å². The minimum atomic E-state index is 0. The molecule has 4 aromatic heterocycles. The summed E-state index contributed by atoms with van der Waals surface area (Å²) in [4.78, 5) is 30.8. The van der Waals surface area contributed by atoms with Crippen molar-refractivity contribution in [3.8, 4) is 44.5 Å². The number of benzene rings is 4. The summed E-state index contributed by atoms with van der Waals surface area (Å²) < 4.78 is 11.7. The molecule has 6 heterocycles. The fourth-order valence-electron chi connectivity index (χ4n) is 9.58. The number of morpholine rings is 2. The van der Waals surface area contributed by atoms with Crippen LogP contribution in [0.3, 0.4) is 0 Å². The van der Waals surface area contributed by atoms with Gasteiger partial charge in [-0.15, -0.1) is 0 Å². The van der Waals surface area contributed by atoms with Crippen molar-refractivity contribution in [3.63, 3.8) is 0 Å². The van der Waals surface area contributed by atoms with Gasteiger partial charge >= 0.3 is 23.1 Å². The number of halogens is 2. The zero-order valence-electron chi connectivity index (χ0n) is 42.9. The molecule has 10 nitrogen and oxygen atoms in total. The summed E-state index contributed by atoms with van der Waals surface area (Å²) >= 11 is 6.88. The Labute approximate surface area is 462 Å². The standard InChI is InChI=1S/C30H30N4O.C27H23ClN4O.C3H7.BrH.Mg/c1-19(2)29-26-8-6-7-25(22-9-12-24(31-5)13-10-22)30(26)33-16-27(29)23-11-14-28(32-15-23)34-17-20(3)35-21(4)18-34;1-17-15-32(16-18(2)33-17)25-12-9-20(13-30-25)24-14-31-27-22(5-4-6-23(27)26(24)28)19-7-10-21(29-3)11-8-19;1-3-2;;/h6-16,19-21H,17-18H2,1-4H3;4-14,17-18H,15-16H2,1-2H3;3H,1-2H3;1H;/q;;-1;;+2/p-1/t20-,21+;17-,18+;;;. The topological polar surface area (TPSA) is 85.2 Å². The van der Waals surface area contributed by atoms with E-state index < -0.39 is 0 Å². The minimum Gasteiger partial charge on any atom is -1.00 e. The largest absolute Gasteiger partial charge is 2.00 e. The maximum Gasteiger partial charge on any atom is 2.00 e. The van der Waals surface area contributed by atoms with Gasteiger partial charge in [0.25, 0.3) is 0 Å². The first-order valence-corrected chi connectivity index (χ1v) is 24.7. The summed E-state index contributed by atoms with van der Waals surface area (Å²) in [5, 5.41) is 2.70. The van der Waals surface area contributed by atoms with Crippen molar-refractivity contribution in [3.05, 3.63) is 174 Å². The number of nitrogens with zero attached hydrogens (tertiary/aromatic N) is 8. The van der Waals surface area contributed by atoms with Crippen LogP contribution in [0, 0.1) is 19.6 Å². The van der Waals surface area contributed by atoms with E-state index in [4.69, 9.17) is 54.2 Å². The van der Waals surface area contributed by atoms with E-state index in [9.17, 15) is 0 Å². The van der Waals surface area contributed by atoms with Crippen LogP contribution in [0.5, 0.6) is 0 Å². The third-order valence-electron chi connectivity index (χ3n) is 12.6. The molecule has 2 saturated heterocycles. The predicted octanol–water partition coefficient (Wildman–Crippen LogP) is 11.9. The molecule has 0 N–H and O–H groups in total. The molecule has 10 rings (SSSR count). The SMILES string of the molecule is C[CH-]C.[Br-].[C-]#[N+]c1ccc(-c2cccc3c(C(C)C)c(-c4ccc(N5C[C@@H](C)O[C@@H](C)C5)nc4)cnc23)cc1.[C-]#[N+]c1ccc(-c2cccc3c(Cl)c(-c4ccc(N5C[C@@H](C)O[C@@H](C)C5)nc4)cnc23)cc1.[Mg+2]. The maximum absolute atomic E-state index is 7.22. The average molecular weight is 1060 g/mol. The maximum atomic E-state index is 7.22. The Morgan fingerprint density at radius 1 is 0.534 bits per heavy atom. The summed E-state index contributed by atoms with van der Waals surface area (Å²) in [6.45, 7) is 34.6. The van der Waals surface area contributed by atoms with Gasteiger partial charge in [0.15, 0.2) is 11.4 Å². The number of ether oxygens (including phenoxy) is 2. The average Bonchev–Trinajstić information content (AvgIpc) is 3.38. The van der Waals surface area contributed by atoms with Crippen molar-refractivity contribution in [1.29, 1.82) is 0 Å². The van der Waals surface area contributed by atoms with E-state index in [0.29, 0.717) is 22.3 Å². The first-order chi connectivity index (χ1) is 34.4. The van der Waals surface area contributed by atoms with Gasteiger partial charge in [-0.05, 0) is 74.6 Å². The van der Waals surface area contributed by atoms with E-state index in [1.807, 2.05) is 118 Å². The van der Waals surface area contributed by atoms with E-state index in [-0.39, 0.29) is 64.5 Å². The van der Waals surface area contributed by atoms with E-state index in [2.05, 4.69) is 97.4 Å². The van der Waals surface area contributed by atoms with Crippen molar-refractivity contribution in [2.24, 2.45) is 0 Å². The van der Waals surface area contributed by atoms with Gasteiger partial charge in [0, 0.05) is 95.1 Å². The molecular weight excluding hydrogens is 1000 g/mol. The first kappa shape index (κ1) is 56.3. The third kappa shape index (κ3) is 13.1. The number of pyridine rings is 4. The fraction of sp³-hybridized carbons (Fsp3) is 0.283. The van der Waals surface area contributed by atoms with Crippen LogP contribution in [-0.4, -0.2) is 93.6 Å². The van der Waals surface area contributed by atoms with Gasteiger partial charge in [0.1, 0.15) is 11.6 Å². The van der Waals surface area contributed by atoms with Crippen LogP contribution in [0.2, 0.25) is 5.02 Å². The molecule has 0 amide bonds. The zero-order valence-corrected chi connectivity index (χ0v) is 46.6. The van der Waals surface area contributed by atoms with Crippen molar-refractivity contribution in [2.45, 2.75) is 85.7 Å². The summed E-state index contributed by atoms with van der Waals surface area (Å²) in [6.07, 6.45) is 10.4.